The molecule has 2 rings (SSSR count). The average molecular weight is 305 g/mol. The molecule has 0 aromatic heterocycles. The quantitative estimate of drug-likeness (QED) is 0.881. The van der Waals surface area contributed by atoms with Crippen LogP contribution in [0.15, 0.2) is 53.4 Å². The van der Waals surface area contributed by atoms with Crippen LogP contribution in [0.2, 0.25) is 0 Å². The molecule has 21 heavy (non-hydrogen) atoms. The molecule has 0 spiro atoms. The van der Waals surface area contributed by atoms with Gasteiger partial charge in [0.2, 0.25) is 0 Å². The Morgan fingerprint density at radius 3 is 2.38 bits per heavy atom. The Labute approximate surface area is 123 Å². The highest BCUT2D eigenvalue weighted by atomic mass is 32.2. The predicted octanol–water partition coefficient (Wildman–Crippen LogP) is 2.58. The maximum atomic E-state index is 12.3. The van der Waals surface area contributed by atoms with Crippen LogP contribution in [0, 0.1) is 6.92 Å². The average Bonchev–Trinajstić information content (AvgIpc) is 2.49. The molecule has 0 radical (unpaired) electrons. The maximum absolute atomic E-state index is 12.3. The van der Waals surface area contributed by atoms with Gasteiger partial charge in [-0.05, 0) is 36.8 Å². The largest absolute Gasteiger partial charge is 0.465 e. The SMILES string of the molecule is COC(=O)c1ccc(C)c(NS(=O)(=O)c2ccccc2)c1. The second-order valence-corrected chi connectivity index (χ2v) is 6.12. The first-order valence-corrected chi connectivity index (χ1v) is 7.69. The van der Waals surface area contributed by atoms with Gasteiger partial charge in [-0.2, -0.15) is 0 Å². The normalized spacial score (nSPS) is 11.0. The molecule has 2 aromatic carbocycles. The van der Waals surface area contributed by atoms with Gasteiger partial charge in [-0.25, -0.2) is 13.2 Å². The van der Waals surface area contributed by atoms with Crippen molar-refractivity contribution < 1.29 is 17.9 Å². The van der Waals surface area contributed by atoms with Gasteiger partial charge in [0.15, 0.2) is 0 Å². The van der Waals surface area contributed by atoms with Gasteiger partial charge in [0, 0.05) is 0 Å². The zero-order valence-electron chi connectivity index (χ0n) is 11.7. The van der Waals surface area contributed by atoms with Crippen molar-refractivity contribution in [3.8, 4) is 0 Å². The predicted molar refractivity (Wildman–Crippen MR) is 79.8 cm³/mol. The van der Waals surface area contributed by atoms with Crippen LogP contribution in [0.3, 0.4) is 0 Å². The fourth-order valence-corrected chi connectivity index (χ4v) is 2.92. The Balaban J connectivity index is 2.37. The lowest BCUT2D eigenvalue weighted by Crippen LogP contribution is -2.14. The van der Waals surface area contributed by atoms with Crippen molar-refractivity contribution in [1.82, 2.24) is 0 Å². The van der Waals surface area contributed by atoms with Crippen molar-refractivity contribution in [2.45, 2.75) is 11.8 Å². The minimum atomic E-state index is -3.69. The molecular formula is C15H15NO4S. The molecule has 0 heterocycles. The molecule has 0 atom stereocenters. The smallest absolute Gasteiger partial charge is 0.337 e. The van der Waals surface area contributed by atoms with E-state index in [4.69, 9.17) is 0 Å². The molecule has 0 bridgehead atoms. The molecule has 0 aliphatic carbocycles. The Hall–Kier alpha value is -2.34. The number of rotatable bonds is 4. The van der Waals surface area contributed by atoms with Gasteiger partial charge in [-0.1, -0.05) is 24.3 Å². The summed E-state index contributed by atoms with van der Waals surface area (Å²) in [4.78, 5) is 11.7. The lowest BCUT2D eigenvalue weighted by Gasteiger charge is -2.11. The van der Waals surface area contributed by atoms with E-state index in [1.807, 2.05) is 0 Å². The van der Waals surface area contributed by atoms with Crippen LogP contribution in [-0.2, 0) is 14.8 Å². The molecule has 2 aromatic rings. The first-order valence-electron chi connectivity index (χ1n) is 6.21. The minimum Gasteiger partial charge on any atom is -0.465 e. The number of methoxy groups -OCH3 is 1. The lowest BCUT2D eigenvalue weighted by molar-refractivity contribution is 0.0601. The number of anilines is 1. The monoisotopic (exact) mass is 305 g/mol. The zero-order valence-corrected chi connectivity index (χ0v) is 12.5. The van der Waals surface area contributed by atoms with Gasteiger partial charge < -0.3 is 4.74 Å². The second kappa shape index (κ2) is 5.97. The Morgan fingerprint density at radius 1 is 1.10 bits per heavy atom. The third kappa shape index (κ3) is 3.41. The van der Waals surface area contributed by atoms with Crippen molar-refractivity contribution in [2.75, 3.05) is 11.8 Å². The molecule has 0 amide bonds. The fraction of sp³-hybridized carbons (Fsp3) is 0.133. The van der Waals surface area contributed by atoms with Crippen LogP contribution in [0.25, 0.3) is 0 Å². The van der Waals surface area contributed by atoms with Crippen molar-refractivity contribution in [3.05, 3.63) is 59.7 Å². The number of ether oxygens (including phenoxy) is 1. The number of nitrogens with one attached hydrogen (secondary N) is 1. The first kappa shape index (κ1) is 15.1. The summed E-state index contributed by atoms with van der Waals surface area (Å²) < 4.78 is 31.7. The number of hydrogen-bond acceptors (Lipinski definition) is 4. The van der Waals surface area contributed by atoms with Crippen LogP contribution in [0.4, 0.5) is 5.69 Å². The van der Waals surface area contributed by atoms with Crippen LogP contribution < -0.4 is 4.72 Å². The number of aryl methyl sites for hydroxylation is 1. The molecular weight excluding hydrogens is 290 g/mol. The third-order valence-corrected chi connectivity index (χ3v) is 4.34. The van der Waals surface area contributed by atoms with Crippen molar-refractivity contribution in [2.24, 2.45) is 0 Å². The van der Waals surface area contributed by atoms with Crippen LogP contribution in [0.5, 0.6) is 0 Å². The summed E-state index contributed by atoms with van der Waals surface area (Å²) in [6.07, 6.45) is 0. The van der Waals surface area contributed by atoms with E-state index >= 15 is 0 Å². The standard InChI is InChI=1S/C15H15NO4S/c1-11-8-9-12(15(17)20-2)10-14(11)16-21(18,19)13-6-4-3-5-7-13/h3-10,16H,1-2H3. The summed E-state index contributed by atoms with van der Waals surface area (Å²) >= 11 is 0. The van der Waals surface area contributed by atoms with E-state index in [0.717, 1.165) is 0 Å². The second-order valence-electron chi connectivity index (χ2n) is 4.44. The van der Waals surface area contributed by atoms with E-state index in [1.54, 1.807) is 37.3 Å². The summed E-state index contributed by atoms with van der Waals surface area (Å²) in [7, 11) is -2.41. The van der Waals surface area contributed by atoms with Crippen LogP contribution in [-0.4, -0.2) is 21.5 Å². The lowest BCUT2D eigenvalue weighted by atomic mass is 10.1. The van der Waals surface area contributed by atoms with Gasteiger partial charge >= 0.3 is 5.97 Å². The minimum absolute atomic E-state index is 0.160. The van der Waals surface area contributed by atoms with Crippen molar-refractivity contribution >= 4 is 21.7 Å². The summed E-state index contributed by atoms with van der Waals surface area (Å²) in [5, 5.41) is 0. The van der Waals surface area contributed by atoms with Crippen LogP contribution in [0.1, 0.15) is 15.9 Å². The van der Waals surface area contributed by atoms with Gasteiger partial charge in [0.25, 0.3) is 10.0 Å². The highest BCUT2D eigenvalue weighted by Gasteiger charge is 2.16. The third-order valence-electron chi connectivity index (χ3n) is 2.96. The Morgan fingerprint density at radius 2 is 1.76 bits per heavy atom. The summed E-state index contributed by atoms with van der Waals surface area (Å²) in [5.74, 6) is -0.518. The van der Waals surface area contributed by atoms with E-state index in [2.05, 4.69) is 9.46 Å². The molecule has 0 saturated heterocycles. The topological polar surface area (TPSA) is 72.5 Å². The molecule has 1 N–H and O–H groups in total. The summed E-state index contributed by atoms with van der Waals surface area (Å²) in [6, 6.07) is 12.7. The number of benzene rings is 2. The van der Waals surface area contributed by atoms with E-state index in [0.29, 0.717) is 11.3 Å². The molecule has 0 unspecified atom stereocenters. The summed E-state index contributed by atoms with van der Waals surface area (Å²) in [6.45, 7) is 1.75. The number of esters is 1. The number of carbonyl (C=O) groups is 1. The van der Waals surface area contributed by atoms with Crippen LogP contribution >= 0.6 is 0 Å². The maximum Gasteiger partial charge on any atom is 0.337 e. The Bertz CT molecular complexity index is 754. The van der Waals surface area contributed by atoms with Crippen molar-refractivity contribution in [1.29, 1.82) is 0 Å². The van der Waals surface area contributed by atoms with Gasteiger partial charge in [0.1, 0.15) is 0 Å². The van der Waals surface area contributed by atoms with Gasteiger partial charge in [-0.3, -0.25) is 4.72 Å². The molecule has 0 saturated carbocycles. The zero-order chi connectivity index (χ0) is 15.5. The van der Waals surface area contributed by atoms with Gasteiger partial charge in [-0.15, -0.1) is 0 Å². The van der Waals surface area contributed by atoms with E-state index < -0.39 is 16.0 Å². The van der Waals surface area contributed by atoms with Gasteiger partial charge in [0.05, 0.1) is 23.3 Å². The van der Waals surface area contributed by atoms with Crippen molar-refractivity contribution in [3.63, 3.8) is 0 Å². The number of carbonyl (C=O) groups excluding carboxylic acids is 1. The van der Waals surface area contributed by atoms with E-state index in [1.165, 1.54) is 25.3 Å². The molecule has 110 valence electrons. The number of sulfonamides is 1. The molecule has 0 aliphatic rings. The Kier molecular flexibility index (Phi) is 4.28. The molecule has 5 nitrogen and oxygen atoms in total. The highest BCUT2D eigenvalue weighted by molar-refractivity contribution is 7.92. The number of hydrogen-bond donors (Lipinski definition) is 1. The molecule has 6 heteroatoms. The first-order chi connectivity index (χ1) is 9.94. The summed E-state index contributed by atoms with van der Waals surface area (Å²) in [5.41, 5.74) is 1.35. The van der Waals surface area contributed by atoms with E-state index in [-0.39, 0.29) is 10.5 Å². The molecule has 0 fully saturated rings. The molecule has 0 aliphatic heterocycles. The fourth-order valence-electron chi connectivity index (χ4n) is 1.78. The highest BCUT2D eigenvalue weighted by Crippen LogP contribution is 2.21. The van der Waals surface area contributed by atoms with E-state index in [9.17, 15) is 13.2 Å².